The number of aryl methyl sites for hydroxylation is 1. The smallest absolute Gasteiger partial charge is 0.341 e. The third-order valence-electron chi connectivity index (χ3n) is 4.49. The molecule has 6 nitrogen and oxygen atoms in total. The van der Waals surface area contributed by atoms with Crippen molar-refractivity contribution in [2.45, 2.75) is 40.3 Å². The third kappa shape index (κ3) is 3.80. The molecular formula is C19H25F2N3O3. The summed E-state index contributed by atoms with van der Waals surface area (Å²) < 4.78 is 31.2. The second-order valence-corrected chi connectivity index (χ2v) is 6.18. The summed E-state index contributed by atoms with van der Waals surface area (Å²) in [5.74, 6) is -3.11. The molecule has 0 radical (unpaired) electrons. The van der Waals surface area contributed by atoms with Gasteiger partial charge in [-0.2, -0.15) is 0 Å². The molecule has 1 saturated heterocycles. The Morgan fingerprint density at radius 1 is 1.37 bits per heavy atom. The summed E-state index contributed by atoms with van der Waals surface area (Å²) in [6.07, 6.45) is 1.11. The van der Waals surface area contributed by atoms with E-state index in [0.29, 0.717) is 19.6 Å². The van der Waals surface area contributed by atoms with Crippen molar-refractivity contribution in [3.05, 3.63) is 39.7 Å². The number of pyridine rings is 1. The molecule has 2 N–H and O–H groups in total. The molecule has 1 aliphatic rings. The van der Waals surface area contributed by atoms with Crippen molar-refractivity contribution >= 4 is 22.6 Å². The van der Waals surface area contributed by atoms with Crippen LogP contribution >= 0.6 is 0 Å². The maximum absolute atomic E-state index is 15.2. The lowest BCUT2D eigenvalue weighted by molar-refractivity contribution is 0.0695. The van der Waals surface area contributed by atoms with E-state index in [-0.39, 0.29) is 29.2 Å². The number of halogens is 2. The molecule has 2 heterocycles. The average Bonchev–Trinajstić information content (AvgIpc) is 2.64. The number of nitrogens with zero attached hydrogens (tertiary/aromatic N) is 2. The minimum Gasteiger partial charge on any atom is -0.477 e. The van der Waals surface area contributed by atoms with Crippen LogP contribution in [0.4, 0.5) is 14.5 Å². The van der Waals surface area contributed by atoms with Crippen LogP contribution in [0.2, 0.25) is 0 Å². The monoisotopic (exact) mass is 381 g/mol. The first-order valence-corrected chi connectivity index (χ1v) is 9.11. The molecule has 0 saturated carbocycles. The fraction of sp³-hybridized carbons (Fsp3) is 0.474. The number of carboxylic acids is 1. The summed E-state index contributed by atoms with van der Waals surface area (Å²) in [7, 11) is 0. The van der Waals surface area contributed by atoms with Crippen LogP contribution in [0.1, 0.15) is 38.1 Å². The summed E-state index contributed by atoms with van der Waals surface area (Å²) in [6, 6.07) is 1.02. The van der Waals surface area contributed by atoms with E-state index in [2.05, 4.69) is 5.32 Å². The fourth-order valence-electron chi connectivity index (χ4n) is 3.30. The van der Waals surface area contributed by atoms with Crippen molar-refractivity contribution in [1.29, 1.82) is 0 Å². The van der Waals surface area contributed by atoms with Gasteiger partial charge in [0.15, 0.2) is 5.82 Å². The largest absolute Gasteiger partial charge is 0.477 e. The zero-order valence-corrected chi connectivity index (χ0v) is 16.0. The standard InChI is InChI=1S/C17H19F2N3O3.C2H6/c1-3-21-8-11(17(24)25)16(23)10-6-12(18)15(13(19)14(10)21)22-5-4-20-9(2)7-22;1-2/h6,8-9,20H,3-5,7H2,1-2H3,(H,24,25);1-2H3. The van der Waals surface area contributed by atoms with Gasteiger partial charge in [0.1, 0.15) is 17.1 Å². The molecule has 0 spiro atoms. The Morgan fingerprint density at radius 2 is 2.04 bits per heavy atom. The molecule has 148 valence electrons. The summed E-state index contributed by atoms with van der Waals surface area (Å²) in [6.45, 7) is 9.33. The van der Waals surface area contributed by atoms with Crippen LogP contribution < -0.4 is 15.6 Å². The number of fused-ring (bicyclic) bond motifs is 1. The first-order chi connectivity index (χ1) is 12.8. The molecule has 0 amide bonds. The van der Waals surface area contributed by atoms with E-state index >= 15 is 4.39 Å². The second kappa shape index (κ2) is 8.47. The molecule has 27 heavy (non-hydrogen) atoms. The first-order valence-electron chi connectivity index (χ1n) is 9.11. The van der Waals surface area contributed by atoms with Crippen LogP contribution in [0.5, 0.6) is 0 Å². The zero-order valence-electron chi connectivity index (χ0n) is 16.0. The average molecular weight is 381 g/mol. The SMILES string of the molecule is CC.CCn1cc(C(=O)O)c(=O)c2cc(F)c(N3CCNC(C)C3)c(F)c21. The molecule has 1 aliphatic heterocycles. The van der Waals surface area contributed by atoms with Gasteiger partial charge in [-0.25, -0.2) is 13.6 Å². The first kappa shape index (κ1) is 20.8. The van der Waals surface area contributed by atoms with Gasteiger partial charge in [-0.1, -0.05) is 13.8 Å². The van der Waals surface area contributed by atoms with Gasteiger partial charge in [-0.15, -0.1) is 0 Å². The lowest BCUT2D eigenvalue weighted by atomic mass is 10.1. The number of hydrogen-bond acceptors (Lipinski definition) is 4. The van der Waals surface area contributed by atoms with Gasteiger partial charge in [0, 0.05) is 38.4 Å². The third-order valence-corrected chi connectivity index (χ3v) is 4.49. The Labute approximate surface area is 156 Å². The van der Waals surface area contributed by atoms with E-state index in [4.69, 9.17) is 5.11 Å². The van der Waals surface area contributed by atoms with Gasteiger partial charge in [0.2, 0.25) is 5.43 Å². The summed E-state index contributed by atoms with van der Waals surface area (Å²) in [4.78, 5) is 25.2. The van der Waals surface area contributed by atoms with E-state index in [1.807, 2.05) is 20.8 Å². The maximum atomic E-state index is 15.2. The van der Waals surface area contributed by atoms with Crippen molar-refractivity contribution in [2.75, 3.05) is 24.5 Å². The van der Waals surface area contributed by atoms with Crippen LogP contribution in [-0.2, 0) is 6.54 Å². The quantitative estimate of drug-likeness (QED) is 0.855. The number of nitrogens with one attached hydrogen (secondary N) is 1. The number of aromatic nitrogens is 1. The lowest BCUT2D eigenvalue weighted by Gasteiger charge is -2.34. The number of rotatable bonds is 3. The van der Waals surface area contributed by atoms with E-state index in [9.17, 15) is 14.0 Å². The molecule has 8 heteroatoms. The van der Waals surface area contributed by atoms with Crippen LogP contribution in [0.3, 0.4) is 0 Å². The Hall–Kier alpha value is -2.48. The molecular weight excluding hydrogens is 356 g/mol. The van der Waals surface area contributed by atoms with Gasteiger partial charge in [0.25, 0.3) is 0 Å². The predicted octanol–water partition coefficient (Wildman–Crippen LogP) is 2.82. The number of aromatic carboxylic acids is 1. The van der Waals surface area contributed by atoms with E-state index < -0.39 is 28.6 Å². The molecule has 1 fully saturated rings. The van der Waals surface area contributed by atoms with E-state index in [1.54, 1.807) is 11.8 Å². The highest BCUT2D eigenvalue weighted by Crippen LogP contribution is 2.30. The summed E-state index contributed by atoms with van der Waals surface area (Å²) >= 11 is 0. The molecule has 0 bridgehead atoms. The number of carboxylic acid groups (broad SMARTS) is 1. The van der Waals surface area contributed by atoms with Gasteiger partial charge >= 0.3 is 5.97 Å². The molecule has 3 rings (SSSR count). The maximum Gasteiger partial charge on any atom is 0.341 e. The van der Waals surface area contributed by atoms with E-state index in [1.165, 1.54) is 4.57 Å². The van der Waals surface area contributed by atoms with Crippen molar-refractivity contribution in [3.63, 3.8) is 0 Å². The minimum absolute atomic E-state index is 0.0694. The minimum atomic E-state index is -1.42. The van der Waals surface area contributed by atoms with Crippen molar-refractivity contribution in [3.8, 4) is 0 Å². The number of anilines is 1. The number of piperazine rings is 1. The highest BCUT2D eigenvalue weighted by atomic mass is 19.1. The number of carbonyl (C=O) groups is 1. The predicted molar refractivity (Wildman–Crippen MR) is 102 cm³/mol. The van der Waals surface area contributed by atoms with Gasteiger partial charge in [0.05, 0.1) is 10.9 Å². The van der Waals surface area contributed by atoms with Gasteiger partial charge in [-0.05, 0) is 19.9 Å². The summed E-state index contributed by atoms with van der Waals surface area (Å²) in [5.41, 5.74) is -1.63. The summed E-state index contributed by atoms with van der Waals surface area (Å²) in [5, 5.41) is 12.1. The number of benzene rings is 1. The Morgan fingerprint density at radius 3 is 2.59 bits per heavy atom. The fourth-order valence-corrected chi connectivity index (χ4v) is 3.30. The van der Waals surface area contributed by atoms with Crippen LogP contribution in [0.25, 0.3) is 10.9 Å². The van der Waals surface area contributed by atoms with Crippen LogP contribution in [-0.4, -0.2) is 41.3 Å². The normalized spacial score (nSPS) is 16.8. The second-order valence-electron chi connectivity index (χ2n) is 6.18. The Bertz CT molecular complexity index is 911. The molecule has 1 unspecified atom stereocenters. The molecule has 0 aliphatic carbocycles. The molecule has 1 aromatic carbocycles. The van der Waals surface area contributed by atoms with Crippen molar-refractivity contribution in [2.24, 2.45) is 0 Å². The highest BCUT2D eigenvalue weighted by Gasteiger charge is 2.26. The molecule has 1 aromatic heterocycles. The van der Waals surface area contributed by atoms with E-state index in [0.717, 1.165) is 12.3 Å². The lowest BCUT2D eigenvalue weighted by Crippen LogP contribution is -2.49. The highest BCUT2D eigenvalue weighted by molar-refractivity contribution is 5.93. The topological polar surface area (TPSA) is 74.6 Å². The van der Waals surface area contributed by atoms with Crippen molar-refractivity contribution in [1.82, 2.24) is 9.88 Å². The van der Waals surface area contributed by atoms with Crippen LogP contribution in [0.15, 0.2) is 17.1 Å². The molecule has 1 atom stereocenters. The number of hydrogen-bond donors (Lipinski definition) is 2. The van der Waals surface area contributed by atoms with Gasteiger partial charge in [-0.3, -0.25) is 4.79 Å². The van der Waals surface area contributed by atoms with Crippen molar-refractivity contribution < 1.29 is 18.7 Å². The molecule has 2 aromatic rings. The van der Waals surface area contributed by atoms with Crippen LogP contribution in [0, 0.1) is 11.6 Å². The Kier molecular flexibility index (Phi) is 6.54. The Balaban J connectivity index is 0.00000126. The van der Waals surface area contributed by atoms with Gasteiger partial charge < -0.3 is 19.9 Å². The zero-order chi connectivity index (χ0) is 20.3.